The second-order valence-electron chi connectivity index (χ2n) is 3.12. The van der Waals surface area contributed by atoms with Crippen molar-refractivity contribution in [2.45, 2.75) is 6.54 Å². The van der Waals surface area contributed by atoms with E-state index in [1.807, 2.05) is 6.07 Å². The predicted molar refractivity (Wildman–Crippen MR) is 60.6 cm³/mol. The standard InChI is InChI=1S/C11H8FN3S/c12-9-3-1-8(2-4-9)6-14-11-15-7-10(5-13)16-11/h1-4,7H,6H2,(H,14,15). The van der Waals surface area contributed by atoms with Gasteiger partial charge in [0, 0.05) is 6.54 Å². The molecule has 5 heteroatoms. The number of halogens is 1. The molecule has 0 unspecified atom stereocenters. The quantitative estimate of drug-likeness (QED) is 0.886. The Labute approximate surface area is 96.2 Å². The molecule has 2 rings (SSSR count). The second-order valence-corrected chi connectivity index (χ2v) is 4.15. The lowest BCUT2D eigenvalue weighted by molar-refractivity contribution is 0.627. The summed E-state index contributed by atoms with van der Waals surface area (Å²) in [4.78, 5) is 4.60. The van der Waals surface area contributed by atoms with Crippen LogP contribution >= 0.6 is 11.3 Å². The molecule has 0 atom stereocenters. The fourth-order valence-electron chi connectivity index (χ4n) is 1.19. The van der Waals surface area contributed by atoms with Crippen LogP contribution in [0.5, 0.6) is 0 Å². The second kappa shape index (κ2) is 4.73. The van der Waals surface area contributed by atoms with Crippen LogP contribution in [0.3, 0.4) is 0 Å². The van der Waals surface area contributed by atoms with Crippen LogP contribution < -0.4 is 5.32 Å². The number of aromatic nitrogens is 1. The van der Waals surface area contributed by atoms with Crippen molar-refractivity contribution in [3.63, 3.8) is 0 Å². The molecule has 0 aliphatic carbocycles. The van der Waals surface area contributed by atoms with Crippen molar-refractivity contribution in [1.29, 1.82) is 5.26 Å². The highest BCUT2D eigenvalue weighted by Gasteiger charge is 2.00. The van der Waals surface area contributed by atoms with Gasteiger partial charge < -0.3 is 5.32 Å². The molecule has 0 bridgehead atoms. The molecule has 16 heavy (non-hydrogen) atoms. The SMILES string of the molecule is N#Cc1cnc(NCc2ccc(F)cc2)s1. The molecule has 80 valence electrons. The molecule has 0 fully saturated rings. The van der Waals surface area contributed by atoms with Crippen molar-refractivity contribution in [3.8, 4) is 6.07 Å². The lowest BCUT2D eigenvalue weighted by Gasteiger charge is -2.01. The van der Waals surface area contributed by atoms with Crippen LogP contribution in [0.1, 0.15) is 10.4 Å². The number of thiazole rings is 1. The summed E-state index contributed by atoms with van der Waals surface area (Å²) >= 11 is 1.30. The topological polar surface area (TPSA) is 48.7 Å². The van der Waals surface area contributed by atoms with Gasteiger partial charge in [-0.15, -0.1) is 0 Å². The molecule has 1 heterocycles. The highest BCUT2D eigenvalue weighted by Crippen LogP contribution is 2.17. The summed E-state index contributed by atoms with van der Waals surface area (Å²) in [7, 11) is 0. The third-order valence-corrected chi connectivity index (χ3v) is 2.83. The van der Waals surface area contributed by atoms with Crippen molar-refractivity contribution in [3.05, 3.63) is 46.7 Å². The fourth-order valence-corrected chi connectivity index (χ4v) is 1.80. The molecule has 1 aromatic carbocycles. The minimum Gasteiger partial charge on any atom is -0.357 e. The van der Waals surface area contributed by atoms with Crippen LogP contribution in [0, 0.1) is 17.1 Å². The number of nitriles is 1. The highest BCUT2D eigenvalue weighted by molar-refractivity contribution is 7.16. The monoisotopic (exact) mass is 233 g/mol. The maximum atomic E-state index is 12.6. The number of hydrogen-bond donors (Lipinski definition) is 1. The van der Waals surface area contributed by atoms with Crippen LogP contribution in [0.4, 0.5) is 9.52 Å². The maximum absolute atomic E-state index is 12.6. The molecule has 2 aromatic rings. The highest BCUT2D eigenvalue weighted by atomic mass is 32.1. The Morgan fingerprint density at radius 1 is 1.38 bits per heavy atom. The Morgan fingerprint density at radius 3 is 2.75 bits per heavy atom. The maximum Gasteiger partial charge on any atom is 0.184 e. The Bertz CT molecular complexity index is 513. The molecule has 0 saturated heterocycles. The van der Waals surface area contributed by atoms with Crippen molar-refractivity contribution < 1.29 is 4.39 Å². The minimum atomic E-state index is -0.246. The van der Waals surface area contributed by atoms with E-state index < -0.39 is 0 Å². The van der Waals surface area contributed by atoms with Gasteiger partial charge in [0.2, 0.25) is 0 Å². The molecule has 0 radical (unpaired) electrons. The molecule has 1 N–H and O–H groups in total. The van der Waals surface area contributed by atoms with Crippen molar-refractivity contribution >= 4 is 16.5 Å². The molecule has 1 aromatic heterocycles. The number of anilines is 1. The summed E-state index contributed by atoms with van der Waals surface area (Å²) in [5, 5.41) is 12.4. The van der Waals surface area contributed by atoms with E-state index in [9.17, 15) is 4.39 Å². The predicted octanol–water partition coefficient (Wildman–Crippen LogP) is 2.77. The zero-order valence-corrected chi connectivity index (χ0v) is 9.09. The fraction of sp³-hybridized carbons (Fsp3) is 0.0909. The molecular weight excluding hydrogens is 225 g/mol. The lowest BCUT2D eigenvalue weighted by atomic mass is 10.2. The molecular formula is C11H8FN3S. The van der Waals surface area contributed by atoms with E-state index in [-0.39, 0.29) is 5.82 Å². The van der Waals surface area contributed by atoms with Gasteiger partial charge in [0.15, 0.2) is 5.13 Å². The minimum absolute atomic E-state index is 0.246. The van der Waals surface area contributed by atoms with Gasteiger partial charge in [-0.05, 0) is 17.7 Å². The van der Waals surface area contributed by atoms with E-state index in [4.69, 9.17) is 5.26 Å². The van der Waals surface area contributed by atoms with Crippen molar-refractivity contribution in [2.75, 3.05) is 5.32 Å². The first-order valence-corrected chi connectivity index (χ1v) is 5.44. The van der Waals surface area contributed by atoms with E-state index in [1.165, 1.54) is 29.7 Å². The molecule has 0 saturated carbocycles. The lowest BCUT2D eigenvalue weighted by Crippen LogP contribution is -1.98. The molecule has 0 amide bonds. The van der Waals surface area contributed by atoms with Crippen LogP contribution in [0.2, 0.25) is 0 Å². The van der Waals surface area contributed by atoms with Crippen LogP contribution in [0.25, 0.3) is 0 Å². The normalized spacial score (nSPS) is 9.75. The van der Waals surface area contributed by atoms with Gasteiger partial charge in [0.05, 0.1) is 6.20 Å². The third kappa shape index (κ3) is 2.55. The zero-order chi connectivity index (χ0) is 11.4. The average molecular weight is 233 g/mol. The van der Waals surface area contributed by atoms with E-state index in [0.717, 1.165) is 5.56 Å². The summed E-state index contributed by atoms with van der Waals surface area (Å²) in [6, 6.07) is 8.27. The van der Waals surface area contributed by atoms with Gasteiger partial charge in [-0.3, -0.25) is 0 Å². The van der Waals surface area contributed by atoms with Crippen LogP contribution in [-0.2, 0) is 6.54 Å². The first-order valence-electron chi connectivity index (χ1n) is 4.62. The Morgan fingerprint density at radius 2 is 2.12 bits per heavy atom. The van der Waals surface area contributed by atoms with Crippen LogP contribution in [0.15, 0.2) is 30.5 Å². The molecule has 0 spiro atoms. The van der Waals surface area contributed by atoms with Gasteiger partial charge in [-0.25, -0.2) is 9.37 Å². The summed E-state index contributed by atoms with van der Waals surface area (Å²) < 4.78 is 12.6. The van der Waals surface area contributed by atoms with E-state index in [0.29, 0.717) is 16.6 Å². The summed E-state index contributed by atoms with van der Waals surface area (Å²) in [5.41, 5.74) is 0.968. The van der Waals surface area contributed by atoms with Gasteiger partial charge in [-0.1, -0.05) is 23.5 Å². The Balaban J connectivity index is 1.97. The average Bonchev–Trinajstić information content (AvgIpc) is 2.76. The number of nitrogens with one attached hydrogen (secondary N) is 1. The molecule has 0 aliphatic rings. The van der Waals surface area contributed by atoms with Gasteiger partial charge in [0.1, 0.15) is 16.8 Å². The number of hydrogen-bond acceptors (Lipinski definition) is 4. The summed E-state index contributed by atoms with van der Waals surface area (Å²) in [6.07, 6.45) is 1.53. The van der Waals surface area contributed by atoms with E-state index in [2.05, 4.69) is 10.3 Å². The number of rotatable bonds is 3. The smallest absolute Gasteiger partial charge is 0.184 e. The first kappa shape index (κ1) is 10.6. The number of benzene rings is 1. The van der Waals surface area contributed by atoms with Gasteiger partial charge in [0.25, 0.3) is 0 Å². The summed E-state index contributed by atoms with van der Waals surface area (Å²) in [5.74, 6) is -0.246. The van der Waals surface area contributed by atoms with E-state index in [1.54, 1.807) is 12.1 Å². The largest absolute Gasteiger partial charge is 0.357 e. The number of nitrogens with zero attached hydrogens (tertiary/aromatic N) is 2. The third-order valence-electron chi connectivity index (χ3n) is 1.97. The van der Waals surface area contributed by atoms with Crippen molar-refractivity contribution in [2.24, 2.45) is 0 Å². The molecule has 3 nitrogen and oxygen atoms in total. The zero-order valence-electron chi connectivity index (χ0n) is 8.27. The van der Waals surface area contributed by atoms with Gasteiger partial charge in [-0.2, -0.15) is 5.26 Å². The molecule has 0 aliphatic heterocycles. The van der Waals surface area contributed by atoms with Crippen molar-refractivity contribution in [1.82, 2.24) is 4.98 Å². The summed E-state index contributed by atoms with van der Waals surface area (Å²) in [6.45, 7) is 0.568. The van der Waals surface area contributed by atoms with Crippen LogP contribution in [-0.4, -0.2) is 4.98 Å². The van der Waals surface area contributed by atoms with Gasteiger partial charge >= 0.3 is 0 Å². The first-order chi connectivity index (χ1) is 7.78. The Hall–Kier alpha value is -1.93. The Kier molecular flexibility index (Phi) is 3.13. The van der Waals surface area contributed by atoms with E-state index >= 15 is 0 Å².